The molecule has 0 aromatic rings. The lowest BCUT2D eigenvalue weighted by atomic mass is 10.5. The van der Waals surface area contributed by atoms with Gasteiger partial charge in [-0.05, 0) is 6.04 Å². The van der Waals surface area contributed by atoms with E-state index in [0.29, 0.717) is 6.04 Å². The van der Waals surface area contributed by atoms with Crippen molar-refractivity contribution >= 4 is 86.3 Å². The zero-order chi connectivity index (χ0) is 14.9. The molecule has 0 saturated carbocycles. The second kappa shape index (κ2) is 18.0. The zero-order valence-corrected chi connectivity index (χ0v) is 23.5. The van der Waals surface area contributed by atoms with Crippen LogP contribution in [0.5, 0.6) is 0 Å². The highest BCUT2D eigenvalue weighted by atomic mass is 28.4. The van der Waals surface area contributed by atoms with Gasteiger partial charge >= 0.3 is 5.97 Å². The molecule has 20 heavy (non-hydrogen) atoms. The molecule has 0 amide bonds. The zero-order valence-electron chi connectivity index (χ0n) is 11.6. The van der Waals surface area contributed by atoms with E-state index in [1.54, 1.807) is 0 Å². The largest absolute Gasteiger partial charge is 0.481 e. The maximum absolute atomic E-state index is 10.2. The summed E-state index contributed by atoms with van der Waals surface area (Å²) in [6.07, 6.45) is 0.196. The van der Waals surface area contributed by atoms with Gasteiger partial charge in [-0.1, -0.05) is 0 Å². The van der Waals surface area contributed by atoms with E-state index in [-0.39, 0.29) is 6.42 Å². The van der Waals surface area contributed by atoms with Crippen LogP contribution in [0.4, 0.5) is 0 Å². The van der Waals surface area contributed by atoms with Crippen molar-refractivity contribution in [3.8, 4) is 0 Å². The summed E-state index contributed by atoms with van der Waals surface area (Å²) >= 11 is 0. The Hall–Kier alpha value is 0.925. The van der Waals surface area contributed by atoms with Gasteiger partial charge in [0.25, 0.3) is 60.0 Å². The van der Waals surface area contributed by atoms with Crippen LogP contribution in [0.25, 0.3) is 0 Å². The van der Waals surface area contributed by atoms with Gasteiger partial charge in [0.05, 0.1) is 0 Å². The highest BCUT2D eigenvalue weighted by Gasteiger charge is 1.98. The maximum atomic E-state index is 10.2. The van der Waals surface area contributed by atoms with Crippen LogP contribution in [0, 0.1) is 0 Å². The predicted octanol–water partition coefficient (Wildman–Crippen LogP) is -7.65. The molecular formula is C3H22O9Si8. The molecule has 0 heterocycles. The van der Waals surface area contributed by atoms with Crippen LogP contribution in [-0.2, 0) is 33.6 Å². The molecule has 0 aliphatic heterocycles. The van der Waals surface area contributed by atoms with Crippen LogP contribution < -0.4 is 0 Å². The first-order chi connectivity index (χ1) is 9.77. The molecule has 0 aromatic carbocycles. The van der Waals surface area contributed by atoms with Crippen LogP contribution in [0.15, 0.2) is 0 Å². The molecule has 0 radical (unpaired) electrons. The van der Waals surface area contributed by atoms with E-state index >= 15 is 0 Å². The molecule has 0 bridgehead atoms. The molecule has 0 rings (SSSR count). The standard InChI is InChI=1S/C3H22O9Si8/c4-3(5)1-2-14-7-16-9-18-11-20-12-19-10-17-8-15-6-13/h1-2,14-20H2,13H3,(H,4,5). The van der Waals surface area contributed by atoms with Crippen LogP contribution in [0.2, 0.25) is 6.04 Å². The Kier molecular flexibility index (Phi) is 18.8. The van der Waals surface area contributed by atoms with Crippen LogP contribution in [0.1, 0.15) is 6.42 Å². The third kappa shape index (κ3) is 18.9. The third-order valence-corrected chi connectivity index (χ3v) is 11.8. The first kappa shape index (κ1) is 20.9. The van der Waals surface area contributed by atoms with E-state index in [4.69, 9.17) is 33.9 Å². The molecule has 0 atom stereocenters. The van der Waals surface area contributed by atoms with Gasteiger partial charge < -0.3 is 33.9 Å². The summed E-state index contributed by atoms with van der Waals surface area (Å²) in [5, 5.41) is 8.43. The van der Waals surface area contributed by atoms with Gasteiger partial charge in [0.2, 0.25) is 0 Å². The monoisotopic (exact) mass is 426 g/mol. The molecule has 0 saturated heterocycles. The normalized spacial score (nSPS) is 15.2. The van der Waals surface area contributed by atoms with E-state index in [0.717, 1.165) is 10.5 Å². The fourth-order valence-electron chi connectivity index (χ4n) is 0.932. The van der Waals surface area contributed by atoms with Crippen molar-refractivity contribution in [2.45, 2.75) is 12.5 Å². The summed E-state index contributed by atoms with van der Waals surface area (Å²) in [7, 11) is -5.40. The lowest BCUT2D eigenvalue weighted by Crippen LogP contribution is -2.20. The molecule has 0 spiro atoms. The molecule has 120 valence electrons. The van der Waals surface area contributed by atoms with E-state index in [9.17, 15) is 4.79 Å². The van der Waals surface area contributed by atoms with Crippen molar-refractivity contribution in [3.05, 3.63) is 0 Å². The van der Waals surface area contributed by atoms with E-state index in [2.05, 4.69) is 0 Å². The highest BCUT2D eigenvalue weighted by Crippen LogP contribution is 1.88. The first-order valence-electron chi connectivity index (χ1n) is 5.94. The molecule has 0 aliphatic carbocycles. The van der Waals surface area contributed by atoms with Crippen molar-refractivity contribution in [1.29, 1.82) is 0 Å². The Bertz CT molecular complexity index is 221. The summed E-state index contributed by atoms with van der Waals surface area (Å²) in [5.74, 6) is -0.768. The maximum Gasteiger partial charge on any atom is 0.303 e. The minimum absolute atomic E-state index is 0.196. The Morgan fingerprint density at radius 3 is 1.75 bits per heavy atom. The van der Waals surface area contributed by atoms with Crippen molar-refractivity contribution in [1.82, 2.24) is 0 Å². The van der Waals surface area contributed by atoms with Gasteiger partial charge in [-0.25, -0.2) is 0 Å². The first-order valence-corrected chi connectivity index (χ1v) is 15.3. The number of rotatable bonds is 16. The van der Waals surface area contributed by atoms with Gasteiger partial charge in [-0.2, -0.15) is 0 Å². The van der Waals surface area contributed by atoms with E-state index in [1.807, 2.05) is 0 Å². The van der Waals surface area contributed by atoms with Gasteiger partial charge in [-0.3, -0.25) is 4.79 Å². The molecular weight excluding hydrogens is 405 g/mol. The SMILES string of the molecule is O=C(O)CC[SiH2]O[SiH2]O[SiH2]O[SiH2]O[SiH2]O[SiH2]O[SiH2]O[SiH3]. The number of aliphatic carboxylic acids is 1. The van der Waals surface area contributed by atoms with Gasteiger partial charge in [0, 0.05) is 6.42 Å². The van der Waals surface area contributed by atoms with Crippen LogP contribution in [-0.4, -0.2) is 91.4 Å². The number of carbonyl (C=O) groups is 1. The molecule has 1 N–H and O–H groups in total. The summed E-state index contributed by atoms with van der Waals surface area (Å²) in [4.78, 5) is 10.2. The quantitative estimate of drug-likeness (QED) is 0.190. The Morgan fingerprint density at radius 1 is 0.850 bits per heavy atom. The average Bonchev–Trinajstić information content (AvgIpc) is 2.43. The van der Waals surface area contributed by atoms with Gasteiger partial charge in [0.1, 0.15) is 20.2 Å². The van der Waals surface area contributed by atoms with Crippen molar-refractivity contribution < 1.29 is 38.7 Å². The molecule has 0 fully saturated rings. The van der Waals surface area contributed by atoms with Crippen molar-refractivity contribution in [3.63, 3.8) is 0 Å². The molecule has 17 heteroatoms. The minimum atomic E-state index is -0.969. The number of carboxylic acids is 1. The smallest absolute Gasteiger partial charge is 0.303 e. The number of hydrogen-bond donors (Lipinski definition) is 1. The van der Waals surface area contributed by atoms with Crippen molar-refractivity contribution in [2.75, 3.05) is 0 Å². The van der Waals surface area contributed by atoms with Gasteiger partial charge in [0.15, 0.2) is 0 Å². The highest BCUT2D eigenvalue weighted by molar-refractivity contribution is 6.49. The topological polar surface area (TPSA) is 102 Å². The second-order valence-electron chi connectivity index (χ2n) is 3.42. The lowest BCUT2D eigenvalue weighted by Gasteiger charge is -2.07. The summed E-state index contributed by atoms with van der Waals surface area (Å²) < 4.78 is 36.9. The Balaban J connectivity index is 2.94. The molecule has 9 nitrogen and oxygen atoms in total. The molecule has 0 aromatic heterocycles. The number of hydrogen-bond acceptors (Lipinski definition) is 8. The van der Waals surface area contributed by atoms with Gasteiger partial charge in [-0.15, -0.1) is 0 Å². The summed E-state index contributed by atoms with van der Waals surface area (Å²) in [6, 6.07) is 0.662. The fraction of sp³-hybridized carbons (Fsp3) is 0.667. The average molecular weight is 427 g/mol. The molecule has 0 unspecified atom stereocenters. The Labute approximate surface area is 137 Å². The molecule has 0 aliphatic rings. The second-order valence-corrected chi connectivity index (χ2v) is 18.1. The Morgan fingerprint density at radius 2 is 1.30 bits per heavy atom. The summed E-state index contributed by atoms with van der Waals surface area (Å²) in [6.45, 7) is 0. The van der Waals surface area contributed by atoms with Crippen LogP contribution >= 0.6 is 0 Å². The fourth-order valence-corrected chi connectivity index (χ4v) is 13.9. The minimum Gasteiger partial charge on any atom is -0.481 e. The summed E-state index contributed by atoms with van der Waals surface area (Å²) in [5.41, 5.74) is 0. The predicted molar refractivity (Wildman–Crippen MR) is 94.4 cm³/mol. The third-order valence-electron chi connectivity index (χ3n) is 1.71. The van der Waals surface area contributed by atoms with E-state index in [1.165, 1.54) is 0 Å². The van der Waals surface area contributed by atoms with Crippen LogP contribution in [0.3, 0.4) is 0 Å². The lowest BCUT2D eigenvalue weighted by molar-refractivity contribution is -0.136. The van der Waals surface area contributed by atoms with Crippen molar-refractivity contribution in [2.24, 2.45) is 0 Å². The number of carboxylic acid groups (broad SMARTS) is 1. The van der Waals surface area contributed by atoms with E-state index < -0.39 is 75.8 Å².